The SMILES string of the molecule is COC(=O)[C@H](Cc1ccc(-n2c(=O)n(C)c3cccc(F)c32)cc1)NC(c1ccccc1)(c1ccccc1)c1ccccc1. The molecular formula is C37H32FN3O3. The van der Waals surface area contributed by atoms with Crippen molar-refractivity contribution in [3.05, 3.63) is 172 Å². The number of halogens is 1. The van der Waals surface area contributed by atoms with Gasteiger partial charge in [0.25, 0.3) is 0 Å². The fourth-order valence-electron chi connectivity index (χ4n) is 6.01. The number of ether oxygens (including phenoxy) is 1. The van der Waals surface area contributed by atoms with E-state index in [1.807, 2.05) is 66.7 Å². The summed E-state index contributed by atoms with van der Waals surface area (Å²) in [7, 11) is 3.01. The molecule has 1 heterocycles. The van der Waals surface area contributed by atoms with Crippen molar-refractivity contribution in [2.24, 2.45) is 7.05 Å². The number of hydrogen-bond donors (Lipinski definition) is 1. The number of rotatable bonds is 9. The Balaban J connectivity index is 1.42. The highest BCUT2D eigenvalue weighted by atomic mass is 19.1. The smallest absolute Gasteiger partial charge is 0.333 e. The Kier molecular flexibility index (Phi) is 7.96. The average Bonchev–Trinajstić information content (AvgIpc) is 3.34. The van der Waals surface area contributed by atoms with Gasteiger partial charge < -0.3 is 4.74 Å². The zero-order valence-electron chi connectivity index (χ0n) is 24.5. The first kappa shape index (κ1) is 28.8. The maximum atomic E-state index is 14.8. The lowest BCUT2D eigenvalue weighted by atomic mass is 9.76. The molecule has 0 radical (unpaired) electrons. The number of hydrogen-bond acceptors (Lipinski definition) is 4. The summed E-state index contributed by atoms with van der Waals surface area (Å²) >= 11 is 0. The van der Waals surface area contributed by atoms with E-state index in [1.165, 1.54) is 22.3 Å². The lowest BCUT2D eigenvalue weighted by Gasteiger charge is -2.39. The molecule has 220 valence electrons. The highest BCUT2D eigenvalue weighted by molar-refractivity contribution is 5.79. The van der Waals surface area contributed by atoms with Gasteiger partial charge in [0, 0.05) is 7.05 Å². The Morgan fingerprint density at radius 2 is 1.30 bits per heavy atom. The molecule has 6 rings (SSSR count). The number of aromatic nitrogens is 2. The quantitative estimate of drug-likeness (QED) is 0.164. The summed E-state index contributed by atoms with van der Waals surface area (Å²) in [5, 5.41) is 3.72. The topological polar surface area (TPSA) is 65.3 Å². The van der Waals surface area contributed by atoms with Crippen LogP contribution in [0.5, 0.6) is 0 Å². The Morgan fingerprint density at radius 1 is 0.773 bits per heavy atom. The second-order valence-electron chi connectivity index (χ2n) is 10.7. The van der Waals surface area contributed by atoms with Crippen molar-refractivity contribution < 1.29 is 13.9 Å². The predicted octanol–water partition coefficient (Wildman–Crippen LogP) is 6.13. The predicted molar refractivity (Wildman–Crippen MR) is 170 cm³/mol. The lowest BCUT2D eigenvalue weighted by molar-refractivity contribution is -0.143. The van der Waals surface area contributed by atoms with Gasteiger partial charge in [0.15, 0.2) is 0 Å². The van der Waals surface area contributed by atoms with E-state index >= 15 is 0 Å². The van der Waals surface area contributed by atoms with Gasteiger partial charge >= 0.3 is 11.7 Å². The molecule has 5 aromatic carbocycles. The molecule has 44 heavy (non-hydrogen) atoms. The van der Waals surface area contributed by atoms with E-state index in [0.29, 0.717) is 17.6 Å². The summed E-state index contributed by atoms with van der Waals surface area (Å²) in [6, 6.07) is 41.3. The van der Waals surface area contributed by atoms with Crippen LogP contribution in [0.1, 0.15) is 22.3 Å². The van der Waals surface area contributed by atoms with E-state index in [2.05, 4.69) is 41.7 Å². The molecule has 7 heteroatoms. The minimum Gasteiger partial charge on any atom is -0.468 e. The van der Waals surface area contributed by atoms with Crippen molar-refractivity contribution in [2.45, 2.75) is 18.0 Å². The fourth-order valence-corrected chi connectivity index (χ4v) is 6.01. The van der Waals surface area contributed by atoms with Gasteiger partial charge in [-0.3, -0.25) is 19.2 Å². The van der Waals surface area contributed by atoms with Crippen molar-refractivity contribution in [3.8, 4) is 5.69 Å². The molecule has 6 aromatic rings. The van der Waals surface area contributed by atoms with Crippen LogP contribution in [0.25, 0.3) is 16.7 Å². The van der Waals surface area contributed by atoms with Crippen LogP contribution in [-0.2, 0) is 28.5 Å². The summed E-state index contributed by atoms with van der Waals surface area (Å²) in [6.45, 7) is 0. The first-order valence-electron chi connectivity index (χ1n) is 14.4. The van der Waals surface area contributed by atoms with Gasteiger partial charge in [-0.15, -0.1) is 0 Å². The van der Waals surface area contributed by atoms with Crippen molar-refractivity contribution in [1.29, 1.82) is 0 Å². The van der Waals surface area contributed by atoms with Crippen molar-refractivity contribution in [1.82, 2.24) is 14.5 Å². The van der Waals surface area contributed by atoms with Crippen LogP contribution in [0, 0.1) is 5.82 Å². The summed E-state index contributed by atoms with van der Waals surface area (Å²) < 4.78 is 23.0. The number of nitrogens with zero attached hydrogens (tertiary/aromatic N) is 2. The van der Waals surface area contributed by atoms with E-state index < -0.39 is 23.4 Å². The Morgan fingerprint density at radius 3 is 1.80 bits per heavy atom. The van der Waals surface area contributed by atoms with Gasteiger partial charge in [-0.05, 0) is 52.9 Å². The molecule has 0 unspecified atom stereocenters. The monoisotopic (exact) mass is 585 g/mol. The molecular weight excluding hydrogens is 553 g/mol. The van der Waals surface area contributed by atoms with Crippen molar-refractivity contribution in [3.63, 3.8) is 0 Å². The van der Waals surface area contributed by atoms with Gasteiger partial charge in [0.05, 0.1) is 23.9 Å². The molecule has 0 aliphatic rings. The number of nitrogens with one attached hydrogen (secondary N) is 1. The summed E-state index contributed by atoms with van der Waals surface area (Å²) in [5.41, 5.74) is 3.80. The van der Waals surface area contributed by atoms with Crippen LogP contribution >= 0.6 is 0 Å². The number of imidazole rings is 1. The molecule has 0 saturated carbocycles. The van der Waals surface area contributed by atoms with Gasteiger partial charge in [0.2, 0.25) is 0 Å². The number of aryl methyl sites for hydroxylation is 1. The largest absolute Gasteiger partial charge is 0.468 e. The fraction of sp³-hybridized carbons (Fsp3) is 0.135. The first-order chi connectivity index (χ1) is 21.4. The summed E-state index contributed by atoms with van der Waals surface area (Å²) in [6.07, 6.45) is 0.306. The molecule has 0 fully saturated rings. The molecule has 0 saturated heterocycles. The van der Waals surface area contributed by atoms with Gasteiger partial charge in [0.1, 0.15) is 17.4 Å². The molecule has 1 aromatic heterocycles. The van der Waals surface area contributed by atoms with Gasteiger partial charge in [-0.25, -0.2) is 9.18 Å². The second kappa shape index (κ2) is 12.1. The molecule has 1 atom stereocenters. The minimum atomic E-state index is -0.879. The van der Waals surface area contributed by atoms with Crippen LogP contribution < -0.4 is 11.0 Å². The normalized spacial score (nSPS) is 12.2. The van der Waals surface area contributed by atoms with Crippen molar-refractivity contribution in [2.75, 3.05) is 7.11 Å². The lowest BCUT2D eigenvalue weighted by Crippen LogP contribution is -2.53. The second-order valence-corrected chi connectivity index (χ2v) is 10.7. The van der Waals surface area contributed by atoms with Crippen molar-refractivity contribution >= 4 is 17.0 Å². The number of methoxy groups -OCH3 is 1. The van der Waals surface area contributed by atoms with Crippen LogP contribution in [0.15, 0.2) is 138 Å². The number of esters is 1. The number of carbonyl (C=O) groups excluding carboxylic acids is 1. The van der Waals surface area contributed by atoms with Crippen LogP contribution in [-0.4, -0.2) is 28.3 Å². The molecule has 0 aliphatic carbocycles. The highest BCUT2D eigenvalue weighted by Crippen LogP contribution is 2.37. The molecule has 6 nitrogen and oxygen atoms in total. The first-order valence-corrected chi connectivity index (χ1v) is 14.4. The molecule has 0 amide bonds. The third-order valence-electron chi connectivity index (χ3n) is 8.16. The average molecular weight is 586 g/mol. The molecule has 1 N–H and O–H groups in total. The Bertz CT molecular complexity index is 1850. The van der Waals surface area contributed by atoms with Crippen LogP contribution in [0.2, 0.25) is 0 Å². The van der Waals surface area contributed by atoms with E-state index in [4.69, 9.17) is 4.74 Å². The third kappa shape index (κ3) is 5.12. The van der Waals surface area contributed by atoms with E-state index in [1.54, 1.807) is 31.3 Å². The van der Waals surface area contributed by atoms with E-state index in [9.17, 15) is 14.0 Å². The van der Waals surface area contributed by atoms with Gasteiger partial charge in [-0.1, -0.05) is 109 Å². The maximum Gasteiger partial charge on any atom is 0.333 e. The zero-order chi connectivity index (χ0) is 30.7. The maximum absolute atomic E-state index is 14.8. The van der Waals surface area contributed by atoms with E-state index in [0.717, 1.165) is 22.3 Å². The number of para-hydroxylation sites is 1. The highest BCUT2D eigenvalue weighted by Gasteiger charge is 2.40. The van der Waals surface area contributed by atoms with Crippen LogP contribution in [0.3, 0.4) is 0 Å². The van der Waals surface area contributed by atoms with Gasteiger partial charge in [-0.2, -0.15) is 0 Å². The number of fused-ring (bicyclic) bond motifs is 1. The Hall–Kier alpha value is -5.27. The molecule has 0 aliphatic heterocycles. The summed E-state index contributed by atoms with van der Waals surface area (Å²) in [4.78, 5) is 26.5. The Labute approximate surface area is 255 Å². The number of carbonyl (C=O) groups is 1. The minimum absolute atomic E-state index is 0.222. The molecule has 0 bridgehead atoms. The van der Waals surface area contributed by atoms with E-state index in [-0.39, 0.29) is 11.2 Å². The standard InChI is InChI=1S/C37H32FN3O3/c1-40-33-20-12-19-31(38)34(33)41(36(40)43)30-23-21-26(22-24-30)25-32(35(42)44-2)39-37(27-13-6-3-7-14-27,28-15-8-4-9-16-28)29-17-10-5-11-18-29/h3-24,32,39H,25H2,1-2H3/t32-/m0/s1. The number of benzene rings is 5. The van der Waals surface area contributed by atoms with Crippen LogP contribution in [0.4, 0.5) is 4.39 Å². The zero-order valence-corrected chi connectivity index (χ0v) is 24.5. The molecule has 0 spiro atoms. The summed E-state index contributed by atoms with van der Waals surface area (Å²) in [5.74, 6) is -0.883. The third-order valence-corrected chi connectivity index (χ3v) is 8.16.